The van der Waals surface area contributed by atoms with E-state index in [2.05, 4.69) is 88.4 Å². The second-order valence-corrected chi connectivity index (χ2v) is 10.2. The van der Waals surface area contributed by atoms with Gasteiger partial charge < -0.3 is 14.4 Å². The standard InChI is InChI=1S/C35H27N3O2/c1-22(2)40-33-21-29(36-35(37-33)27-17-9-11-19-32(27)39)28-20-31-34(25-15-7-6-14-24(25)28)26-16-8-10-18-30(26)38(31)23-12-4-3-5-13-23/h3-22,39H,1-2H3. The quantitative estimate of drug-likeness (QED) is 0.246. The van der Waals surface area contributed by atoms with Crippen molar-refractivity contribution in [2.45, 2.75) is 20.0 Å². The number of hydrogen-bond acceptors (Lipinski definition) is 4. The van der Waals surface area contributed by atoms with Crippen LogP contribution in [0.2, 0.25) is 0 Å². The Bertz CT molecular complexity index is 2030. The number of benzene rings is 5. The second kappa shape index (κ2) is 9.54. The first-order chi connectivity index (χ1) is 19.6. The van der Waals surface area contributed by atoms with Gasteiger partial charge in [0.2, 0.25) is 5.88 Å². The van der Waals surface area contributed by atoms with Crippen molar-refractivity contribution in [1.29, 1.82) is 0 Å². The first kappa shape index (κ1) is 23.9. The lowest BCUT2D eigenvalue weighted by Crippen LogP contribution is -2.08. The molecule has 0 radical (unpaired) electrons. The molecule has 0 amide bonds. The highest BCUT2D eigenvalue weighted by Crippen LogP contribution is 2.42. The van der Waals surface area contributed by atoms with Gasteiger partial charge in [-0.2, -0.15) is 4.98 Å². The molecule has 0 aliphatic carbocycles. The van der Waals surface area contributed by atoms with Gasteiger partial charge in [-0.05, 0) is 61.0 Å². The Balaban J connectivity index is 1.59. The number of para-hydroxylation sites is 3. The highest BCUT2D eigenvalue weighted by atomic mass is 16.5. The van der Waals surface area contributed by atoms with E-state index in [-0.39, 0.29) is 11.9 Å². The summed E-state index contributed by atoms with van der Waals surface area (Å²) in [7, 11) is 0. The highest BCUT2D eigenvalue weighted by molar-refractivity contribution is 6.24. The predicted octanol–water partition coefficient (Wildman–Crippen LogP) is 8.55. The molecule has 2 heterocycles. The van der Waals surface area contributed by atoms with E-state index < -0.39 is 0 Å². The Morgan fingerprint density at radius 2 is 1.32 bits per heavy atom. The molecule has 0 atom stereocenters. The summed E-state index contributed by atoms with van der Waals surface area (Å²) in [5.74, 6) is 1.00. The number of aromatic hydroxyl groups is 1. The van der Waals surface area contributed by atoms with Crippen LogP contribution in [0.25, 0.3) is 60.9 Å². The molecule has 40 heavy (non-hydrogen) atoms. The van der Waals surface area contributed by atoms with Crippen molar-refractivity contribution in [3.63, 3.8) is 0 Å². The summed E-state index contributed by atoms with van der Waals surface area (Å²) in [4.78, 5) is 9.67. The van der Waals surface area contributed by atoms with Crippen LogP contribution in [0.5, 0.6) is 11.6 Å². The average Bonchev–Trinajstić information content (AvgIpc) is 3.31. The molecule has 0 aliphatic heterocycles. The predicted molar refractivity (Wildman–Crippen MR) is 162 cm³/mol. The molecule has 0 fully saturated rings. The fourth-order valence-corrected chi connectivity index (χ4v) is 5.54. The van der Waals surface area contributed by atoms with E-state index in [1.54, 1.807) is 12.1 Å². The fraction of sp³-hybridized carbons (Fsp3) is 0.0857. The van der Waals surface area contributed by atoms with Gasteiger partial charge in [-0.25, -0.2) is 4.98 Å². The van der Waals surface area contributed by atoms with E-state index in [9.17, 15) is 5.11 Å². The maximum Gasteiger partial charge on any atom is 0.217 e. The summed E-state index contributed by atoms with van der Waals surface area (Å²) in [5, 5.41) is 15.3. The van der Waals surface area contributed by atoms with Crippen molar-refractivity contribution in [2.24, 2.45) is 0 Å². The Morgan fingerprint density at radius 3 is 2.10 bits per heavy atom. The number of rotatable bonds is 5. The molecule has 2 aromatic heterocycles. The minimum absolute atomic E-state index is 0.0696. The molecule has 0 aliphatic rings. The van der Waals surface area contributed by atoms with Gasteiger partial charge in [-0.1, -0.05) is 72.8 Å². The first-order valence-electron chi connectivity index (χ1n) is 13.4. The maximum atomic E-state index is 10.6. The third-order valence-electron chi connectivity index (χ3n) is 7.17. The molecule has 7 aromatic rings. The number of aromatic nitrogens is 3. The largest absolute Gasteiger partial charge is 0.507 e. The van der Waals surface area contributed by atoms with E-state index in [0.717, 1.165) is 38.8 Å². The van der Waals surface area contributed by atoms with Crippen LogP contribution in [0.1, 0.15) is 13.8 Å². The maximum absolute atomic E-state index is 10.6. The van der Waals surface area contributed by atoms with Crippen LogP contribution in [0.3, 0.4) is 0 Å². The lowest BCUT2D eigenvalue weighted by Gasteiger charge is -2.15. The van der Waals surface area contributed by atoms with E-state index >= 15 is 0 Å². The zero-order valence-corrected chi connectivity index (χ0v) is 22.2. The molecule has 5 heteroatoms. The van der Waals surface area contributed by atoms with Crippen LogP contribution in [0, 0.1) is 0 Å². The molecule has 7 rings (SSSR count). The normalized spacial score (nSPS) is 11.6. The summed E-state index contributed by atoms with van der Waals surface area (Å²) in [5.41, 5.74) is 5.59. The van der Waals surface area contributed by atoms with Crippen LogP contribution in [0.15, 0.2) is 115 Å². The summed E-state index contributed by atoms with van der Waals surface area (Å²) >= 11 is 0. The van der Waals surface area contributed by atoms with Crippen molar-refractivity contribution in [2.75, 3.05) is 0 Å². The molecule has 0 spiro atoms. The van der Waals surface area contributed by atoms with Crippen molar-refractivity contribution < 1.29 is 9.84 Å². The van der Waals surface area contributed by atoms with Crippen LogP contribution in [-0.4, -0.2) is 25.7 Å². The highest BCUT2D eigenvalue weighted by Gasteiger charge is 2.20. The molecule has 194 valence electrons. The third kappa shape index (κ3) is 3.95. The van der Waals surface area contributed by atoms with Gasteiger partial charge >= 0.3 is 0 Å². The Morgan fingerprint density at radius 1 is 0.650 bits per heavy atom. The second-order valence-electron chi connectivity index (χ2n) is 10.2. The van der Waals surface area contributed by atoms with Crippen LogP contribution in [-0.2, 0) is 0 Å². The molecule has 0 bridgehead atoms. The van der Waals surface area contributed by atoms with E-state index in [1.165, 1.54) is 10.8 Å². The molecular weight excluding hydrogens is 494 g/mol. The Labute approximate surface area is 232 Å². The molecule has 5 aromatic carbocycles. The molecule has 5 nitrogen and oxygen atoms in total. The first-order valence-corrected chi connectivity index (χ1v) is 13.4. The van der Waals surface area contributed by atoms with Crippen LogP contribution >= 0.6 is 0 Å². The summed E-state index contributed by atoms with van der Waals surface area (Å²) in [6.45, 7) is 3.95. The molecule has 1 N–H and O–H groups in total. The van der Waals surface area contributed by atoms with Crippen molar-refractivity contribution >= 4 is 32.6 Å². The van der Waals surface area contributed by atoms with Crippen LogP contribution in [0.4, 0.5) is 0 Å². The zero-order valence-electron chi connectivity index (χ0n) is 22.2. The summed E-state index contributed by atoms with van der Waals surface area (Å²) in [6.07, 6.45) is -0.0696. The van der Waals surface area contributed by atoms with Gasteiger partial charge in [0.1, 0.15) is 5.75 Å². The number of nitrogens with zero attached hydrogens (tertiary/aromatic N) is 3. The van der Waals surface area contributed by atoms with E-state index in [0.29, 0.717) is 17.3 Å². The Kier molecular flexibility index (Phi) is 5.71. The van der Waals surface area contributed by atoms with Gasteiger partial charge in [0.05, 0.1) is 28.4 Å². The molecule has 0 saturated carbocycles. The number of hydrogen-bond donors (Lipinski definition) is 1. The third-order valence-corrected chi connectivity index (χ3v) is 7.17. The van der Waals surface area contributed by atoms with Crippen molar-refractivity contribution in [1.82, 2.24) is 14.5 Å². The van der Waals surface area contributed by atoms with Gasteiger partial charge in [0.15, 0.2) is 5.82 Å². The van der Waals surface area contributed by atoms with Crippen molar-refractivity contribution in [3.8, 4) is 40.0 Å². The smallest absolute Gasteiger partial charge is 0.217 e. The number of ether oxygens (including phenoxy) is 1. The minimum atomic E-state index is -0.0696. The monoisotopic (exact) mass is 521 g/mol. The van der Waals surface area contributed by atoms with Gasteiger partial charge in [-0.15, -0.1) is 0 Å². The number of fused-ring (bicyclic) bond motifs is 5. The van der Waals surface area contributed by atoms with Crippen molar-refractivity contribution in [3.05, 3.63) is 115 Å². The number of phenolic OH excluding ortho intramolecular Hbond substituents is 1. The molecular formula is C35H27N3O2. The lowest BCUT2D eigenvalue weighted by molar-refractivity contribution is 0.232. The molecule has 0 saturated heterocycles. The molecule has 0 unspecified atom stereocenters. The number of phenols is 1. The SMILES string of the molecule is CC(C)Oc1cc(-c2cc3c(c4ccccc24)c2ccccc2n3-c2ccccc2)nc(-c2ccccc2O)n1. The van der Waals surface area contributed by atoms with Gasteiger partial charge in [0, 0.05) is 28.1 Å². The van der Waals surface area contributed by atoms with Gasteiger partial charge in [-0.3, -0.25) is 0 Å². The lowest BCUT2D eigenvalue weighted by atomic mass is 9.97. The average molecular weight is 522 g/mol. The van der Waals surface area contributed by atoms with Crippen LogP contribution < -0.4 is 4.74 Å². The van der Waals surface area contributed by atoms with E-state index in [4.69, 9.17) is 9.72 Å². The zero-order chi connectivity index (χ0) is 27.2. The summed E-state index contributed by atoms with van der Waals surface area (Å²) in [6, 6.07) is 38.7. The topological polar surface area (TPSA) is 60.2 Å². The fourth-order valence-electron chi connectivity index (χ4n) is 5.54. The Hall–Kier alpha value is -5.16. The van der Waals surface area contributed by atoms with E-state index in [1.807, 2.05) is 38.1 Å². The van der Waals surface area contributed by atoms with Gasteiger partial charge in [0.25, 0.3) is 0 Å². The minimum Gasteiger partial charge on any atom is -0.507 e. The summed E-state index contributed by atoms with van der Waals surface area (Å²) < 4.78 is 8.40.